The first kappa shape index (κ1) is 15.9. The minimum atomic E-state index is 0.279. The summed E-state index contributed by atoms with van der Waals surface area (Å²) in [6, 6.07) is 0.279. The number of fused-ring (bicyclic) bond motifs is 1. The molecule has 0 bridgehead atoms. The van der Waals surface area contributed by atoms with Crippen LogP contribution in [0.1, 0.15) is 19.8 Å². The summed E-state index contributed by atoms with van der Waals surface area (Å²) in [5, 5.41) is 3.38. The number of nitrogens with zero attached hydrogens (tertiary/aromatic N) is 4. The van der Waals surface area contributed by atoms with Crippen molar-refractivity contribution in [1.82, 2.24) is 24.8 Å². The van der Waals surface area contributed by atoms with Gasteiger partial charge in [0.2, 0.25) is 0 Å². The first-order chi connectivity index (χ1) is 11.3. The third kappa shape index (κ3) is 3.89. The Labute approximate surface area is 135 Å². The fraction of sp³-hybridized carbons (Fsp3) is 0.667. The predicted octanol–water partition coefficient (Wildman–Crippen LogP) is 0.823. The number of piperidine rings is 1. The molecule has 3 rings (SSSR count). The van der Waals surface area contributed by atoms with E-state index >= 15 is 0 Å². The first-order valence-corrected chi connectivity index (χ1v) is 8.17. The number of nitrogens with two attached hydrogens (primary N) is 1. The van der Waals surface area contributed by atoms with Gasteiger partial charge in [0, 0.05) is 13.2 Å². The van der Waals surface area contributed by atoms with Crippen LogP contribution in [0.4, 0.5) is 5.82 Å². The van der Waals surface area contributed by atoms with E-state index in [0.29, 0.717) is 37.1 Å². The molecule has 1 saturated heterocycles. The van der Waals surface area contributed by atoms with Gasteiger partial charge in [0.25, 0.3) is 0 Å². The summed E-state index contributed by atoms with van der Waals surface area (Å²) < 4.78 is 12.8. The number of nitrogens with one attached hydrogen (secondary N) is 1. The molecule has 0 spiro atoms. The Hall–Kier alpha value is -1.93. The van der Waals surface area contributed by atoms with Crippen molar-refractivity contribution in [2.45, 2.75) is 26.3 Å². The highest BCUT2D eigenvalue weighted by atomic mass is 16.5. The summed E-state index contributed by atoms with van der Waals surface area (Å²) in [4.78, 5) is 13.0. The van der Waals surface area contributed by atoms with Crippen LogP contribution in [0.15, 0.2) is 6.33 Å². The molecule has 3 heterocycles. The van der Waals surface area contributed by atoms with Gasteiger partial charge in [0.1, 0.15) is 6.61 Å². The molecule has 3 N–H and O–H groups in total. The summed E-state index contributed by atoms with van der Waals surface area (Å²) in [5.74, 6) is 0.984. The maximum atomic E-state index is 5.99. The quantitative estimate of drug-likeness (QED) is 0.729. The van der Waals surface area contributed by atoms with Crippen LogP contribution in [0.3, 0.4) is 0 Å². The zero-order chi connectivity index (χ0) is 16.1. The molecule has 2 aromatic rings. The van der Waals surface area contributed by atoms with Gasteiger partial charge in [-0.15, -0.1) is 0 Å². The Morgan fingerprint density at radius 2 is 2.13 bits per heavy atom. The van der Waals surface area contributed by atoms with Gasteiger partial charge in [-0.2, -0.15) is 9.97 Å². The van der Waals surface area contributed by atoms with Crippen LogP contribution in [0, 0.1) is 5.92 Å². The average Bonchev–Trinajstić information content (AvgIpc) is 2.96. The SMILES string of the molecule is CCOCCOc1nc(N)c2ncn(CC3CCNCC3)c2n1. The Bertz CT molecular complexity index is 638. The van der Waals surface area contributed by atoms with E-state index < -0.39 is 0 Å². The van der Waals surface area contributed by atoms with Crippen molar-refractivity contribution in [2.75, 3.05) is 38.6 Å². The van der Waals surface area contributed by atoms with E-state index in [0.717, 1.165) is 38.1 Å². The average molecular weight is 320 g/mol. The zero-order valence-electron chi connectivity index (χ0n) is 13.5. The number of hydrogen-bond acceptors (Lipinski definition) is 7. The number of anilines is 1. The molecule has 0 aromatic carbocycles. The van der Waals surface area contributed by atoms with Crippen molar-refractivity contribution in [3.8, 4) is 6.01 Å². The van der Waals surface area contributed by atoms with Crippen molar-refractivity contribution in [3.63, 3.8) is 0 Å². The van der Waals surface area contributed by atoms with Crippen LogP contribution in [-0.2, 0) is 11.3 Å². The van der Waals surface area contributed by atoms with Crippen LogP contribution < -0.4 is 15.8 Å². The molecule has 0 aliphatic carbocycles. The predicted molar refractivity (Wildman–Crippen MR) is 87.3 cm³/mol. The number of rotatable bonds is 7. The van der Waals surface area contributed by atoms with E-state index in [1.165, 1.54) is 0 Å². The van der Waals surface area contributed by atoms with E-state index in [2.05, 4.69) is 24.8 Å². The van der Waals surface area contributed by atoms with Crippen LogP contribution in [0.5, 0.6) is 6.01 Å². The van der Waals surface area contributed by atoms with E-state index in [1.807, 2.05) is 6.92 Å². The second kappa shape index (κ2) is 7.56. The van der Waals surface area contributed by atoms with Crippen LogP contribution >= 0.6 is 0 Å². The van der Waals surface area contributed by atoms with E-state index in [1.54, 1.807) is 6.33 Å². The highest BCUT2D eigenvalue weighted by molar-refractivity contribution is 5.81. The summed E-state index contributed by atoms with van der Waals surface area (Å²) >= 11 is 0. The van der Waals surface area contributed by atoms with Crippen molar-refractivity contribution >= 4 is 17.0 Å². The van der Waals surface area contributed by atoms with Gasteiger partial charge in [-0.25, -0.2) is 4.98 Å². The Morgan fingerprint density at radius 1 is 1.30 bits per heavy atom. The second-order valence-electron chi connectivity index (χ2n) is 5.70. The van der Waals surface area contributed by atoms with Crippen LogP contribution in [0.25, 0.3) is 11.2 Å². The topological polar surface area (TPSA) is 100 Å². The third-order valence-corrected chi connectivity index (χ3v) is 4.05. The molecular formula is C15H24N6O2. The first-order valence-electron chi connectivity index (χ1n) is 8.17. The molecule has 2 aromatic heterocycles. The highest BCUT2D eigenvalue weighted by Gasteiger charge is 2.17. The smallest absolute Gasteiger partial charge is 0.320 e. The highest BCUT2D eigenvalue weighted by Crippen LogP contribution is 2.22. The van der Waals surface area contributed by atoms with Gasteiger partial charge in [0.15, 0.2) is 17.0 Å². The molecule has 126 valence electrons. The number of aromatic nitrogens is 4. The second-order valence-corrected chi connectivity index (χ2v) is 5.70. The molecule has 0 amide bonds. The molecule has 1 fully saturated rings. The lowest BCUT2D eigenvalue weighted by atomic mass is 9.98. The van der Waals surface area contributed by atoms with Crippen LogP contribution in [-0.4, -0.2) is 52.4 Å². The lowest BCUT2D eigenvalue weighted by molar-refractivity contribution is 0.106. The Morgan fingerprint density at radius 3 is 2.91 bits per heavy atom. The van der Waals surface area contributed by atoms with E-state index in [4.69, 9.17) is 15.2 Å². The molecule has 23 heavy (non-hydrogen) atoms. The summed E-state index contributed by atoms with van der Waals surface area (Å²) in [6.07, 6.45) is 4.12. The Balaban J connectivity index is 1.75. The standard InChI is InChI=1S/C15H24N6O2/c1-2-22-7-8-23-15-19-13(16)12-14(20-15)21(10-18-12)9-11-3-5-17-6-4-11/h10-11,17H,2-9H2,1H3,(H2,16,19,20). The fourth-order valence-electron chi connectivity index (χ4n) is 2.82. The molecule has 0 unspecified atom stereocenters. The molecule has 8 nitrogen and oxygen atoms in total. The molecule has 8 heteroatoms. The minimum absolute atomic E-state index is 0.279. The molecule has 1 aliphatic heterocycles. The maximum absolute atomic E-state index is 5.99. The number of ether oxygens (including phenoxy) is 2. The van der Waals surface area contributed by atoms with Gasteiger partial charge in [-0.3, -0.25) is 0 Å². The molecule has 0 radical (unpaired) electrons. The maximum Gasteiger partial charge on any atom is 0.320 e. The lowest BCUT2D eigenvalue weighted by Crippen LogP contribution is -2.29. The van der Waals surface area contributed by atoms with Gasteiger partial charge < -0.3 is 25.1 Å². The summed E-state index contributed by atoms with van der Waals surface area (Å²) in [5.41, 5.74) is 7.36. The van der Waals surface area contributed by atoms with Crippen molar-refractivity contribution in [2.24, 2.45) is 5.92 Å². The Kier molecular flexibility index (Phi) is 5.24. The monoisotopic (exact) mass is 320 g/mol. The number of hydrogen-bond donors (Lipinski definition) is 2. The van der Waals surface area contributed by atoms with Gasteiger partial charge in [-0.05, 0) is 38.8 Å². The molecular weight excluding hydrogens is 296 g/mol. The van der Waals surface area contributed by atoms with E-state index in [-0.39, 0.29) is 6.01 Å². The number of imidazole rings is 1. The minimum Gasteiger partial charge on any atom is -0.461 e. The molecule has 0 atom stereocenters. The summed E-state index contributed by atoms with van der Waals surface area (Å²) in [7, 11) is 0. The normalized spacial score (nSPS) is 16.0. The van der Waals surface area contributed by atoms with Gasteiger partial charge >= 0.3 is 6.01 Å². The van der Waals surface area contributed by atoms with Crippen molar-refractivity contribution < 1.29 is 9.47 Å². The fourth-order valence-corrected chi connectivity index (χ4v) is 2.82. The largest absolute Gasteiger partial charge is 0.461 e. The van der Waals surface area contributed by atoms with Crippen molar-refractivity contribution in [1.29, 1.82) is 0 Å². The van der Waals surface area contributed by atoms with Gasteiger partial charge in [-0.1, -0.05) is 0 Å². The lowest BCUT2D eigenvalue weighted by Gasteiger charge is -2.22. The zero-order valence-corrected chi connectivity index (χ0v) is 13.5. The van der Waals surface area contributed by atoms with Crippen LogP contribution in [0.2, 0.25) is 0 Å². The van der Waals surface area contributed by atoms with Gasteiger partial charge in [0.05, 0.1) is 12.9 Å². The summed E-state index contributed by atoms with van der Waals surface area (Å²) in [6.45, 7) is 6.55. The number of nitrogen functional groups attached to an aromatic ring is 1. The molecule has 0 saturated carbocycles. The third-order valence-electron chi connectivity index (χ3n) is 4.05. The molecule has 1 aliphatic rings. The van der Waals surface area contributed by atoms with E-state index in [9.17, 15) is 0 Å². The van der Waals surface area contributed by atoms with Crippen molar-refractivity contribution in [3.05, 3.63) is 6.33 Å².